The molecule has 0 amide bonds. The molecule has 0 bridgehead atoms. The average Bonchev–Trinajstić information content (AvgIpc) is 2.89. The summed E-state index contributed by atoms with van der Waals surface area (Å²) in [5.74, 6) is 1.86. The van der Waals surface area contributed by atoms with E-state index in [9.17, 15) is 0 Å². The standard InChI is InChI=1S/C14H18ClN3S/c1-11(2)13-16-14(19-17-13)18(9-8-15)10-12-6-4-3-5-7-12/h3-7,11H,8-10H2,1-2H3. The molecule has 0 saturated heterocycles. The monoisotopic (exact) mass is 295 g/mol. The van der Waals surface area contributed by atoms with Crippen LogP contribution in [0.3, 0.4) is 0 Å². The molecule has 2 rings (SSSR count). The van der Waals surface area contributed by atoms with E-state index in [4.69, 9.17) is 11.6 Å². The highest BCUT2D eigenvalue weighted by Gasteiger charge is 2.14. The number of rotatable bonds is 6. The smallest absolute Gasteiger partial charge is 0.205 e. The Hall–Kier alpha value is -1.13. The zero-order chi connectivity index (χ0) is 13.7. The van der Waals surface area contributed by atoms with Crippen molar-refractivity contribution in [2.45, 2.75) is 26.3 Å². The minimum Gasteiger partial charge on any atom is -0.341 e. The van der Waals surface area contributed by atoms with Crippen LogP contribution in [-0.4, -0.2) is 21.8 Å². The molecule has 0 atom stereocenters. The summed E-state index contributed by atoms with van der Waals surface area (Å²) in [5.41, 5.74) is 1.26. The van der Waals surface area contributed by atoms with Crippen LogP contribution in [0.25, 0.3) is 0 Å². The predicted molar refractivity (Wildman–Crippen MR) is 82.2 cm³/mol. The Morgan fingerprint density at radius 2 is 2.00 bits per heavy atom. The molecule has 1 heterocycles. The SMILES string of the molecule is CC(C)c1nsc(N(CCCl)Cc2ccccc2)n1. The fourth-order valence-corrected chi connectivity index (χ4v) is 2.77. The van der Waals surface area contributed by atoms with Crippen molar-refractivity contribution in [3.63, 3.8) is 0 Å². The number of hydrogen-bond acceptors (Lipinski definition) is 4. The largest absolute Gasteiger partial charge is 0.341 e. The van der Waals surface area contributed by atoms with E-state index in [-0.39, 0.29) is 0 Å². The van der Waals surface area contributed by atoms with E-state index in [2.05, 4.69) is 40.2 Å². The summed E-state index contributed by atoms with van der Waals surface area (Å²) in [4.78, 5) is 6.79. The normalized spacial score (nSPS) is 10.9. The van der Waals surface area contributed by atoms with Gasteiger partial charge in [-0.1, -0.05) is 44.2 Å². The van der Waals surface area contributed by atoms with Gasteiger partial charge >= 0.3 is 0 Å². The lowest BCUT2D eigenvalue weighted by Gasteiger charge is -2.20. The van der Waals surface area contributed by atoms with Gasteiger partial charge in [0, 0.05) is 36.4 Å². The number of halogens is 1. The zero-order valence-electron chi connectivity index (χ0n) is 11.2. The van der Waals surface area contributed by atoms with E-state index in [0.29, 0.717) is 11.8 Å². The van der Waals surface area contributed by atoms with Gasteiger partial charge in [0.25, 0.3) is 0 Å². The molecular weight excluding hydrogens is 278 g/mol. The number of benzene rings is 1. The van der Waals surface area contributed by atoms with Crippen molar-refractivity contribution in [2.75, 3.05) is 17.3 Å². The quantitative estimate of drug-likeness (QED) is 0.757. The van der Waals surface area contributed by atoms with Gasteiger partial charge in [0.05, 0.1) is 0 Å². The van der Waals surface area contributed by atoms with Crippen molar-refractivity contribution in [1.82, 2.24) is 9.36 Å². The van der Waals surface area contributed by atoms with E-state index < -0.39 is 0 Å². The average molecular weight is 296 g/mol. The third-order valence-corrected chi connectivity index (χ3v) is 3.75. The summed E-state index contributed by atoms with van der Waals surface area (Å²) < 4.78 is 4.41. The molecule has 0 unspecified atom stereocenters. The van der Waals surface area contributed by atoms with Gasteiger partial charge in [-0.3, -0.25) is 0 Å². The molecule has 19 heavy (non-hydrogen) atoms. The van der Waals surface area contributed by atoms with Crippen LogP contribution in [0, 0.1) is 0 Å². The molecule has 102 valence electrons. The van der Waals surface area contributed by atoms with E-state index in [1.165, 1.54) is 17.1 Å². The van der Waals surface area contributed by atoms with Crippen molar-refractivity contribution < 1.29 is 0 Å². The van der Waals surface area contributed by atoms with Crippen LogP contribution in [0.5, 0.6) is 0 Å². The highest BCUT2D eigenvalue weighted by molar-refractivity contribution is 7.09. The van der Waals surface area contributed by atoms with Gasteiger partial charge in [0.2, 0.25) is 5.13 Å². The third-order valence-electron chi connectivity index (χ3n) is 2.79. The van der Waals surface area contributed by atoms with Gasteiger partial charge < -0.3 is 4.90 Å². The Kier molecular flexibility index (Phi) is 5.16. The summed E-state index contributed by atoms with van der Waals surface area (Å²) in [5, 5.41) is 0.952. The zero-order valence-corrected chi connectivity index (χ0v) is 12.8. The Balaban J connectivity index is 2.14. The molecule has 3 nitrogen and oxygen atoms in total. The first-order chi connectivity index (χ1) is 9.20. The molecule has 1 aromatic carbocycles. The lowest BCUT2D eigenvalue weighted by Crippen LogP contribution is -2.24. The van der Waals surface area contributed by atoms with Crippen molar-refractivity contribution in [1.29, 1.82) is 0 Å². The van der Waals surface area contributed by atoms with Gasteiger partial charge in [-0.25, -0.2) is 4.98 Å². The summed E-state index contributed by atoms with van der Waals surface area (Å²) in [6.45, 7) is 5.81. The molecule has 0 spiro atoms. The van der Waals surface area contributed by atoms with Crippen LogP contribution >= 0.6 is 23.1 Å². The highest BCUT2D eigenvalue weighted by atomic mass is 35.5. The molecule has 0 N–H and O–H groups in total. The Morgan fingerprint density at radius 3 is 2.58 bits per heavy atom. The van der Waals surface area contributed by atoms with E-state index in [0.717, 1.165) is 24.0 Å². The first-order valence-electron chi connectivity index (χ1n) is 6.39. The maximum atomic E-state index is 5.90. The molecule has 0 radical (unpaired) electrons. The molecule has 5 heteroatoms. The number of nitrogens with zero attached hydrogens (tertiary/aromatic N) is 3. The lowest BCUT2D eigenvalue weighted by molar-refractivity contribution is 0.780. The topological polar surface area (TPSA) is 29.0 Å². The van der Waals surface area contributed by atoms with Gasteiger partial charge in [-0.15, -0.1) is 11.6 Å². The minimum absolute atomic E-state index is 0.361. The molecule has 0 fully saturated rings. The van der Waals surface area contributed by atoms with Gasteiger partial charge in [-0.2, -0.15) is 4.37 Å². The van der Waals surface area contributed by atoms with Crippen molar-refractivity contribution in [2.24, 2.45) is 0 Å². The van der Waals surface area contributed by atoms with Crippen LogP contribution < -0.4 is 4.90 Å². The van der Waals surface area contributed by atoms with E-state index in [1.54, 1.807) is 0 Å². The summed E-state index contributed by atoms with van der Waals surface area (Å²) in [7, 11) is 0. The fourth-order valence-electron chi connectivity index (χ4n) is 1.74. The minimum atomic E-state index is 0.361. The molecule has 1 aromatic heterocycles. The molecule has 0 aliphatic carbocycles. The van der Waals surface area contributed by atoms with Crippen LogP contribution in [0.15, 0.2) is 30.3 Å². The first-order valence-corrected chi connectivity index (χ1v) is 7.70. The van der Waals surface area contributed by atoms with Crippen molar-refractivity contribution in [3.8, 4) is 0 Å². The highest BCUT2D eigenvalue weighted by Crippen LogP contribution is 2.23. The molecule has 0 aliphatic heterocycles. The second-order valence-corrected chi connectivity index (χ2v) is 5.79. The van der Waals surface area contributed by atoms with Gasteiger partial charge in [0.1, 0.15) is 5.82 Å². The summed E-state index contributed by atoms with van der Waals surface area (Å²) in [6.07, 6.45) is 0. The Bertz CT molecular complexity index is 498. The van der Waals surface area contributed by atoms with Crippen LogP contribution in [-0.2, 0) is 6.54 Å². The lowest BCUT2D eigenvalue weighted by atomic mass is 10.2. The second kappa shape index (κ2) is 6.87. The summed E-state index contributed by atoms with van der Waals surface area (Å²) >= 11 is 7.35. The third kappa shape index (κ3) is 3.91. The molecule has 2 aromatic rings. The van der Waals surface area contributed by atoms with Crippen LogP contribution in [0.1, 0.15) is 31.2 Å². The van der Waals surface area contributed by atoms with E-state index in [1.807, 2.05) is 18.2 Å². The van der Waals surface area contributed by atoms with Crippen LogP contribution in [0.2, 0.25) is 0 Å². The fraction of sp³-hybridized carbons (Fsp3) is 0.429. The maximum absolute atomic E-state index is 5.90. The second-order valence-electron chi connectivity index (χ2n) is 4.69. The Morgan fingerprint density at radius 1 is 1.26 bits per heavy atom. The predicted octanol–water partition coefficient (Wildman–Crippen LogP) is 3.91. The number of anilines is 1. The van der Waals surface area contributed by atoms with Gasteiger partial charge in [-0.05, 0) is 5.56 Å². The summed E-state index contributed by atoms with van der Waals surface area (Å²) in [6, 6.07) is 10.4. The number of aromatic nitrogens is 2. The van der Waals surface area contributed by atoms with Crippen LogP contribution in [0.4, 0.5) is 5.13 Å². The first kappa shape index (κ1) is 14.3. The van der Waals surface area contributed by atoms with Gasteiger partial charge in [0.15, 0.2) is 0 Å². The molecule has 0 aliphatic rings. The van der Waals surface area contributed by atoms with Crippen molar-refractivity contribution >= 4 is 28.3 Å². The Labute approximate surface area is 123 Å². The molecular formula is C14H18ClN3S. The maximum Gasteiger partial charge on any atom is 0.205 e. The molecule has 0 saturated carbocycles. The van der Waals surface area contributed by atoms with E-state index >= 15 is 0 Å². The number of hydrogen-bond donors (Lipinski definition) is 0. The van der Waals surface area contributed by atoms with Crippen molar-refractivity contribution in [3.05, 3.63) is 41.7 Å². The number of alkyl halides is 1.